The molecule has 1 aromatic heterocycles. The smallest absolute Gasteiger partial charge is 0.355 e. The number of nitrogens with zero attached hydrogens (tertiary/aromatic N) is 1. The fraction of sp³-hybridized carbons (Fsp3) is 0.0645. The summed E-state index contributed by atoms with van der Waals surface area (Å²) in [5, 5.41) is 5.21. The standard InChI is InChI=1S/C31H23ClN2O4S/c1-20(37-24-16-14-23(15-17-24)22-9-3-2-4-10-22)30(35)34-33-19-21-8-7-11-25(18-21)38-31(36)29-28(32)26-12-5-6-13-27(26)39-29/h2-20H,1H3,(H,34,35)/b33-19-/t20-/m1/s1. The van der Waals surface area contributed by atoms with Gasteiger partial charge in [0.15, 0.2) is 6.10 Å². The summed E-state index contributed by atoms with van der Waals surface area (Å²) in [5.74, 6) is -0.0271. The van der Waals surface area contributed by atoms with Crippen LogP contribution in [-0.4, -0.2) is 24.2 Å². The van der Waals surface area contributed by atoms with Crippen LogP contribution in [0.25, 0.3) is 21.2 Å². The number of carbonyl (C=O) groups is 2. The van der Waals surface area contributed by atoms with E-state index >= 15 is 0 Å². The number of carbonyl (C=O) groups excluding carboxylic acids is 2. The summed E-state index contributed by atoms with van der Waals surface area (Å²) in [6.45, 7) is 1.65. The van der Waals surface area contributed by atoms with Crippen LogP contribution < -0.4 is 14.9 Å². The minimum atomic E-state index is -0.761. The van der Waals surface area contributed by atoms with Crippen LogP contribution in [0, 0.1) is 0 Å². The number of amides is 1. The van der Waals surface area contributed by atoms with Gasteiger partial charge in [-0.25, -0.2) is 10.2 Å². The third-order valence-electron chi connectivity index (χ3n) is 5.82. The molecule has 0 aliphatic heterocycles. The van der Waals surface area contributed by atoms with Crippen LogP contribution in [0.3, 0.4) is 0 Å². The van der Waals surface area contributed by atoms with Gasteiger partial charge in [0, 0.05) is 10.1 Å². The van der Waals surface area contributed by atoms with E-state index in [9.17, 15) is 9.59 Å². The minimum Gasteiger partial charge on any atom is -0.481 e. The first kappa shape index (κ1) is 26.2. The maximum absolute atomic E-state index is 12.7. The minimum absolute atomic E-state index is 0.333. The lowest BCUT2D eigenvalue weighted by atomic mass is 10.1. The van der Waals surface area contributed by atoms with Crippen molar-refractivity contribution in [3.63, 3.8) is 0 Å². The van der Waals surface area contributed by atoms with Crippen molar-refractivity contribution in [2.24, 2.45) is 5.10 Å². The van der Waals surface area contributed by atoms with Gasteiger partial charge in [-0.05, 0) is 53.9 Å². The Morgan fingerprint density at radius 3 is 2.36 bits per heavy atom. The fourth-order valence-corrected chi connectivity index (χ4v) is 5.22. The van der Waals surface area contributed by atoms with Gasteiger partial charge in [-0.3, -0.25) is 4.79 Å². The number of rotatable bonds is 8. The summed E-state index contributed by atoms with van der Waals surface area (Å²) < 4.78 is 12.2. The van der Waals surface area contributed by atoms with E-state index in [0.717, 1.165) is 21.2 Å². The highest BCUT2D eigenvalue weighted by Gasteiger charge is 2.19. The molecule has 5 rings (SSSR count). The Balaban J connectivity index is 1.16. The van der Waals surface area contributed by atoms with Crippen LogP contribution in [0.2, 0.25) is 5.02 Å². The van der Waals surface area contributed by atoms with E-state index < -0.39 is 18.0 Å². The molecular weight excluding hydrogens is 532 g/mol. The van der Waals surface area contributed by atoms with E-state index in [-0.39, 0.29) is 0 Å². The monoisotopic (exact) mass is 554 g/mol. The van der Waals surface area contributed by atoms with Crippen molar-refractivity contribution in [2.75, 3.05) is 0 Å². The average Bonchev–Trinajstić information content (AvgIpc) is 3.30. The van der Waals surface area contributed by atoms with Crippen LogP contribution in [0.15, 0.2) is 108 Å². The second-order valence-electron chi connectivity index (χ2n) is 8.59. The topological polar surface area (TPSA) is 77.0 Å². The van der Waals surface area contributed by atoms with Gasteiger partial charge in [0.05, 0.1) is 11.2 Å². The van der Waals surface area contributed by atoms with Crippen molar-refractivity contribution in [3.8, 4) is 22.6 Å². The molecule has 0 spiro atoms. The molecular formula is C31H23ClN2O4S. The first-order valence-electron chi connectivity index (χ1n) is 12.1. The van der Waals surface area contributed by atoms with Crippen LogP contribution in [0.4, 0.5) is 0 Å². The van der Waals surface area contributed by atoms with E-state index in [4.69, 9.17) is 21.1 Å². The van der Waals surface area contributed by atoms with Crippen LogP contribution in [0.5, 0.6) is 11.5 Å². The van der Waals surface area contributed by atoms with E-state index in [2.05, 4.69) is 10.5 Å². The Labute approximate surface area is 234 Å². The molecule has 0 saturated heterocycles. The lowest BCUT2D eigenvalue weighted by molar-refractivity contribution is -0.127. The van der Waals surface area contributed by atoms with Crippen LogP contribution in [0.1, 0.15) is 22.2 Å². The number of hydrogen-bond acceptors (Lipinski definition) is 6. The number of nitrogens with one attached hydrogen (secondary N) is 1. The number of hydrogen-bond donors (Lipinski definition) is 1. The molecule has 5 aromatic rings. The highest BCUT2D eigenvalue weighted by molar-refractivity contribution is 7.21. The predicted molar refractivity (Wildman–Crippen MR) is 156 cm³/mol. The Hall–Kier alpha value is -4.46. The number of fused-ring (bicyclic) bond motifs is 1. The molecule has 0 saturated carbocycles. The Morgan fingerprint density at radius 1 is 0.872 bits per heavy atom. The number of esters is 1. The zero-order valence-electron chi connectivity index (χ0n) is 20.8. The molecule has 0 aliphatic rings. The average molecular weight is 555 g/mol. The zero-order valence-corrected chi connectivity index (χ0v) is 22.4. The second-order valence-corrected chi connectivity index (χ2v) is 10.0. The maximum Gasteiger partial charge on any atom is 0.355 e. The molecule has 0 unspecified atom stereocenters. The molecule has 0 aliphatic carbocycles. The maximum atomic E-state index is 12.7. The Morgan fingerprint density at radius 2 is 1.59 bits per heavy atom. The van der Waals surface area contributed by atoms with Gasteiger partial charge in [-0.2, -0.15) is 5.10 Å². The number of hydrazone groups is 1. The molecule has 0 radical (unpaired) electrons. The number of ether oxygens (including phenoxy) is 2. The summed E-state index contributed by atoms with van der Waals surface area (Å²) >= 11 is 7.68. The van der Waals surface area contributed by atoms with Gasteiger partial charge in [0.25, 0.3) is 5.91 Å². The van der Waals surface area contributed by atoms with Gasteiger partial charge in [0.1, 0.15) is 16.4 Å². The molecule has 4 aromatic carbocycles. The summed E-state index contributed by atoms with van der Waals surface area (Å²) in [6, 6.07) is 31.9. The Kier molecular flexibility index (Phi) is 8.01. The Bertz CT molecular complexity index is 1650. The number of thiophene rings is 1. The van der Waals surface area contributed by atoms with Gasteiger partial charge in [-0.15, -0.1) is 11.3 Å². The van der Waals surface area contributed by atoms with Crippen LogP contribution >= 0.6 is 22.9 Å². The largest absolute Gasteiger partial charge is 0.481 e. The molecule has 1 atom stereocenters. The first-order chi connectivity index (χ1) is 19.0. The van der Waals surface area contributed by atoms with E-state index in [1.54, 1.807) is 31.2 Å². The van der Waals surface area contributed by atoms with E-state index in [1.807, 2.05) is 78.9 Å². The molecule has 1 heterocycles. The summed E-state index contributed by atoms with van der Waals surface area (Å²) in [7, 11) is 0. The molecule has 0 bridgehead atoms. The molecule has 0 fully saturated rings. The van der Waals surface area contributed by atoms with Crippen molar-refractivity contribution in [1.29, 1.82) is 0 Å². The second kappa shape index (κ2) is 11.9. The predicted octanol–water partition coefficient (Wildman–Crippen LogP) is 7.36. The molecule has 1 N–H and O–H groups in total. The summed E-state index contributed by atoms with van der Waals surface area (Å²) in [5.41, 5.74) is 5.27. The first-order valence-corrected chi connectivity index (χ1v) is 13.3. The lowest BCUT2D eigenvalue weighted by Gasteiger charge is -2.13. The fourth-order valence-electron chi connectivity index (χ4n) is 3.83. The highest BCUT2D eigenvalue weighted by Crippen LogP contribution is 2.35. The van der Waals surface area contributed by atoms with Crippen molar-refractivity contribution >= 4 is 51.1 Å². The van der Waals surface area contributed by atoms with Gasteiger partial charge in [0.2, 0.25) is 0 Å². The third kappa shape index (κ3) is 6.34. The summed E-state index contributed by atoms with van der Waals surface area (Å²) in [4.78, 5) is 25.5. The van der Waals surface area contributed by atoms with Gasteiger partial charge >= 0.3 is 5.97 Å². The molecule has 1 amide bonds. The SMILES string of the molecule is C[C@@H](Oc1ccc(-c2ccccc2)cc1)C(=O)N/N=C\c1cccc(OC(=O)c2sc3ccccc3c2Cl)c1. The normalized spacial score (nSPS) is 11.8. The van der Waals surface area contributed by atoms with Crippen LogP contribution in [-0.2, 0) is 4.79 Å². The molecule has 6 nitrogen and oxygen atoms in total. The van der Waals surface area contributed by atoms with E-state index in [1.165, 1.54) is 17.6 Å². The molecule has 39 heavy (non-hydrogen) atoms. The van der Waals surface area contributed by atoms with Crippen molar-refractivity contribution in [2.45, 2.75) is 13.0 Å². The van der Waals surface area contributed by atoms with Crippen molar-refractivity contribution in [3.05, 3.63) is 119 Å². The summed E-state index contributed by atoms with van der Waals surface area (Å²) in [6.07, 6.45) is 0.700. The molecule has 194 valence electrons. The van der Waals surface area contributed by atoms with Crippen molar-refractivity contribution in [1.82, 2.24) is 5.43 Å². The molecule has 8 heteroatoms. The third-order valence-corrected chi connectivity index (χ3v) is 7.48. The van der Waals surface area contributed by atoms with E-state index in [0.29, 0.717) is 27.0 Å². The number of benzene rings is 4. The zero-order chi connectivity index (χ0) is 27.2. The van der Waals surface area contributed by atoms with Gasteiger partial charge in [-0.1, -0.05) is 84.4 Å². The quantitative estimate of drug-likeness (QED) is 0.0940. The van der Waals surface area contributed by atoms with Crippen molar-refractivity contribution < 1.29 is 19.1 Å². The lowest BCUT2D eigenvalue weighted by Crippen LogP contribution is -2.33. The van der Waals surface area contributed by atoms with Gasteiger partial charge < -0.3 is 9.47 Å². The number of halogens is 1. The highest BCUT2D eigenvalue weighted by atomic mass is 35.5.